The van der Waals surface area contributed by atoms with Crippen molar-refractivity contribution in [1.29, 1.82) is 0 Å². The SMILES string of the molecule is CC[C@@H](Oc1ccccc1C)C(=O)Nc1ccc(C)c(C)c1. The number of para-hydroxylation sites is 1. The molecule has 1 N–H and O–H groups in total. The van der Waals surface area contributed by atoms with Gasteiger partial charge < -0.3 is 10.1 Å². The first-order valence-electron chi connectivity index (χ1n) is 7.61. The zero-order chi connectivity index (χ0) is 16.1. The summed E-state index contributed by atoms with van der Waals surface area (Å²) in [6, 6.07) is 13.6. The summed E-state index contributed by atoms with van der Waals surface area (Å²) in [5, 5.41) is 2.94. The van der Waals surface area contributed by atoms with Crippen LogP contribution in [0.5, 0.6) is 5.75 Å². The van der Waals surface area contributed by atoms with Gasteiger partial charge in [0.05, 0.1) is 0 Å². The largest absolute Gasteiger partial charge is 0.480 e. The van der Waals surface area contributed by atoms with Crippen LogP contribution in [0.3, 0.4) is 0 Å². The molecule has 0 unspecified atom stereocenters. The van der Waals surface area contributed by atoms with Gasteiger partial charge in [-0.15, -0.1) is 0 Å². The van der Waals surface area contributed by atoms with Crippen molar-refractivity contribution in [2.75, 3.05) is 5.32 Å². The molecule has 0 aromatic heterocycles. The topological polar surface area (TPSA) is 38.3 Å². The molecule has 0 heterocycles. The van der Waals surface area contributed by atoms with E-state index in [2.05, 4.69) is 12.2 Å². The third-order valence-electron chi connectivity index (χ3n) is 3.80. The number of carbonyl (C=O) groups is 1. The van der Waals surface area contributed by atoms with Crippen molar-refractivity contribution < 1.29 is 9.53 Å². The van der Waals surface area contributed by atoms with Crippen LogP contribution >= 0.6 is 0 Å². The van der Waals surface area contributed by atoms with Gasteiger partial charge in [-0.2, -0.15) is 0 Å². The first-order chi connectivity index (χ1) is 10.5. The number of carbonyl (C=O) groups excluding carboxylic acids is 1. The molecule has 0 spiro atoms. The Morgan fingerprint density at radius 2 is 1.77 bits per heavy atom. The molecule has 2 aromatic carbocycles. The normalized spacial score (nSPS) is 11.8. The highest BCUT2D eigenvalue weighted by Gasteiger charge is 2.19. The molecule has 3 nitrogen and oxygen atoms in total. The maximum absolute atomic E-state index is 12.4. The summed E-state index contributed by atoms with van der Waals surface area (Å²) in [4.78, 5) is 12.4. The van der Waals surface area contributed by atoms with Crippen LogP contribution < -0.4 is 10.1 Å². The molecule has 2 aromatic rings. The molecule has 2 rings (SSSR count). The quantitative estimate of drug-likeness (QED) is 0.888. The van der Waals surface area contributed by atoms with E-state index in [4.69, 9.17) is 4.74 Å². The Kier molecular flexibility index (Phi) is 5.21. The lowest BCUT2D eigenvalue weighted by atomic mass is 10.1. The van der Waals surface area contributed by atoms with Crippen LogP contribution in [0.4, 0.5) is 5.69 Å². The third-order valence-corrected chi connectivity index (χ3v) is 3.80. The van der Waals surface area contributed by atoms with E-state index in [0.29, 0.717) is 6.42 Å². The molecule has 116 valence electrons. The molecule has 0 bridgehead atoms. The minimum Gasteiger partial charge on any atom is -0.480 e. The highest BCUT2D eigenvalue weighted by atomic mass is 16.5. The standard InChI is InChI=1S/C19H23NO2/c1-5-17(22-18-9-7-6-8-14(18)3)19(21)20-16-11-10-13(2)15(4)12-16/h6-12,17H,5H2,1-4H3,(H,20,21)/t17-/m1/s1. The van der Waals surface area contributed by atoms with Crippen molar-refractivity contribution in [2.45, 2.75) is 40.2 Å². The molecule has 0 saturated heterocycles. The molecule has 3 heteroatoms. The fraction of sp³-hybridized carbons (Fsp3) is 0.316. The summed E-state index contributed by atoms with van der Waals surface area (Å²) < 4.78 is 5.87. The predicted octanol–water partition coefficient (Wildman–Crippen LogP) is 4.41. The van der Waals surface area contributed by atoms with Crippen molar-refractivity contribution >= 4 is 11.6 Å². The Bertz CT molecular complexity index is 664. The maximum atomic E-state index is 12.4. The lowest BCUT2D eigenvalue weighted by molar-refractivity contribution is -0.122. The van der Waals surface area contributed by atoms with Crippen LogP contribution in [0.1, 0.15) is 30.0 Å². The average molecular weight is 297 g/mol. The van der Waals surface area contributed by atoms with E-state index >= 15 is 0 Å². The first kappa shape index (κ1) is 16.1. The number of nitrogens with one attached hydrogen (secondary N) is 1. The van der Waals surface area contributed by atoms with Crippen molar-refractivity contribution in [3.63, 3.8) is 0 Å². The number of hydrogen-bond donors (Lipinski definition) is 1. The number of anilines is 1. The van der Waals surface area contributed by atoms with E-state index in [1.54, 1.807) is 0 Å². The summed E-state index contributed by atoms with van der Waals surface area (Å²) in [5.41, 5.74) is 4.20. The summed E-state index contributed by atoms with van der Waals surface area (Å²) in [5.74, 6) is 0.638. The van der Waals surface area contributed by atoms with Gasteiger partial charge in [0.2, 0.25) is 0 Å². The first-order valence-corrected chi connectivity index (χ1v) is 7.61. The number of aryl methyl sites for hydroxylation is 3. The monoisotopic (exact) mass is 297 g/mol. The predicted molar refractivity (Wildman–Crippen MR) is 90.4 cm³/mol. The van der Waals surface area contributed by atoms with Gasteiger partial charge in [-0.1, -0.05) is 31.2 Å². The van der Waals surface area contributed by atoms with Crippen molar-refractivity contribution in [1.82, 2.24) is 0 Å². The van der Waals surface area contributed by atoms with E-state index < -0.39 is 6.10 Å². The molecule has 0 aliphatic carbocycles. The van der Waals surface area contributed by atoms with Gasteiger partial charge in [0.15, 0.2) is 6.10 Å². The van der Waals surface area contributed by atoms with Crippen LogP contribution in [0.15, 0.2) is 42.5 Å². The van der Waals surface area contributed by atoms with Gasteiger partial charge >= 0.3 is 0 Å². The van der Waals surface area contributed by atoms with E-state index in [1.165, 1.54) is 5.56 Å². The molecule has 1 atom stereocenters. The van der Waals surface area contributed by atoms with Gasteiger partial charge in [-0.3, -0.25) is 4.79 Å². The Labute approximate surface area is 132 Å². The number of amides is 1. The third kappa shape index (κ3) is 3.88. The molecular formula is C19H23NO2. The molecule has 0 aliphatic heterocycles. The molecule has 0 fully saturated rings. The van der Waals surface area contributed by atoms with E-state index in [-0.39, 0.29) is 5.91 Å². The van der Waals surface area contributed by atoms with Crippen LogP contribution in [0.25, 0.3) is 0 Å². The Hall–Kier alpha value is -2.29. The van der Waals surface area contributed by atoms with Crippen LogP contribution in [0.2, 0.25) is 0 Å². The van der Waals surface area contributed by atoms with E-state index in [1.807, 2.05) is 63.2 Å². The molecule has 0 aliphatic rings. The van der Waals surface area contributed by atoms with Gasteiger partial charge in [0.1, 0.15) is 5.75 Å². The van der Waals surface area contributed by atoms with Gasteiger partial charge in [-0.05, 0) is 62.1 Å². The lowest BCUT2D eigenvalue weighted by Crippen LogP contribution is -2.32. The van der Waals surface area contributed by atoms with E-state index in [0.717, 1.165) is 22.6 Å². The molecule has 0 radical (unpaired) electrons. The number of ether oxygens (including phenoxy) is 1. The second-order valence-electron chi connectivity index (χ2n) is 5.57. The second-order valence-corrected chi connectivity index (χ2v) is 5.57. The Balaban J connectivity index is 2.08. The zero-order valence-electron chi connectivity index (χ0n) is 13.6. The Morgan fingerprint density at radius 3 is 2.41 bits per heavy atom. The maximum Gasteiger partial charge on any atom is 0.265 e. The molecule has 22 heavy (non-hydrogen) atoms. The molecular weight excluding hydrogens is 274 g/mol. The van der Waals surface area contributed by atoms with E-state index in [9.17, 15) is 4.79 Å². The van der Waals surface area contributed by atoms with Crippen molar-refractivity contribution in [3.05, 3.63) is 59.2 Å². The Morgan fingerprint density at radius 1 is 1.05 bits per heavy atom. The zero-order valence-corrected chi connectivity index (χ0v) is 13.6. The van der Waals surface area contributed by atoms with Gasteiger partial charge in [-0.25, -0.2) is 0 Å². The fourth-order valence-corrected chi connectivity index (χ4v) is 2.21. The average Bonchev–Trinajstić information content (AvgIpc) is 2.50. The second kappa shape index (κ2) is 7.12. The minimum atomic E-state index is -0.497. The fourth-order valence-electron chi connectivity index (χ4n) is 2.21. The highest BCUT2D eigenvalue weighted by Crippen LogP contribution is 2.20. The van der Waals surface area contributed by atoms with Gasteiger partial charge in [0.25, 0.3) is 5.91 Å². The molecule has 0 saturated carbocycles. The number of hydrogen-bond acceptors (Lipinski definition) is 2. The van der Waals surface area contributed by atoms with Crippen LogP contribution in [0, 0.1) is 20.8 Å². The molecule has 1 amide bonds. The summed E-state index contributed by atoms with van der Waals surface area (Å²) >= 11 is 0. The minimum absolute atomic E-state index is 0.117. The lowest BCUT2D eigenvalue weighted by Gasteiger charge is -2.19. The summed E-state index contributed by atoms with van der Waals surface area (Å²) in [6.07, 6.45) is 0.119. The van der Waals surface area contributed by atoms with Crippen LogP contribution in [-0.2, 0) is 4.79 Å². The smallest absolute Gasteiger partial charge is 0.265 e. The van der Waals surface area contributed by atoms with Crippen LogP contribution in [-0.4, -0.2) is 12.0 Å². The van der Waals surface area contributed by atoms with Crippen molar-refractivity contribution in [2.24, 2.45) is 0 Å². The summed E-state index contributed by atoms with van der Waals surface area (Å²) in [6.45, 7) is 8.01. The summed E-state index contributed by atoms with van der Waals surface area (Å²) in [7, 11) is 0. The van der Waals surface area contributed by atoms with Crippen molar-refractivity contribution in [3.8, 4) is 5.75 Å². The number of benzene rings is 2. The van der Waals surface area contributed by atoms with Gasteiger partial charge in [0, 0.05) is 5.69 Å². The highest BCUT2D eigenvalue weighted by molar-refractivity contribution is 5.94. The number of rotatable bonds is 5.